The summed E-state index contributed by atoms with van der Waals surface area (Å²) in [7, 11) is -4.26. The molecule has 37 heavy (non-hydrogen) atoms. The van der Waals surface area contributed by atoms with Crippen LogP contribution in [0.5, 0.6) is 5.88 Å². The molecule has 3 aromatic heterocycles. The Kier molecular flexibility index (Phi) is 7.09. The first-order valence-electron chi connectivity index (χ1n) is 12.1. The second kappa shape index (κ2) is 9.97. The summed E-state index contributed by atoms with van der Waals surface area (Å²) in [5, 5.41) is -0.340. The summed E-state index contributed by atoms with van der Waals surface area (Å²) in [6.45, 7) is 10.8. The molecule has 0 aromatic carbocycles. The van der Waals surface area contributed by atoms with Gasteiger partial charge in [-0.25, -0.2) is 19.7 Å². The molecule has 11 heteroatoms. The van der Waals surface area contributed by atoms with Crippen molar-refractivity contribution in [3.63, 3.8) is 0 Å². The van der Waals surface area contributed by atoms with Gasteiger partial charge in [-0.3, -0.25) is 4.79 Å². The zero-order valence-corrected chi connectivity index (χ0v) is 22.4. The highest BCUT2D eigenvalue weighted by molar-refractivity contribution is 7.90. The molecule has 1 aliphatic heterocycles. The normalized spacial score (nSPS) is 17.1. The second-order valence-electron chi connectivity index (χ2n) is 9.93. The molecule has 0 bridgehead atoms. The fourth-order valence-electron chi connectivity index (χ4n) is 4.26. The Morgan fingerprint density at radius 2 is 1.78 bits per heavy atom. The van der Waals surface area contributed by atoms with Crippen LogP contribution in [0.3, 0.4) is 0 Å². The van der Waals surface area contributed by atoms with Gasteiger partial charge in [0.1, 0.15) is 11.6 Å². The maximum Gasteiger partial charge on any atom is 0.281 e. The van der Waals surface area contributed by atoms with E-state index in [1.807, 2.05) is 26.0 Å². The van der Waals surface area contributed by atoms with E-state index in [1.54, 1.807) is 18.2 Å². The highest BCUT2D eigenvalue weighted by Gasteiger charge is 2.41. The predicted molar refractivity (Wildman–Crippen MR) is 142 cm³/mol. The van der Waals surface area contributed by atoms with Crippen LogP contribution in [-0.2, 0) is 10.0 Å². The number of hydrogen-bond acceptors (Lipinski definition) is 9. The molecular formula is C26H32N6O4S. The molecule has 196 valence electrons. The predicted octanol–water partition coefficient (Wildman–Crippen LogP) is 3.65. The van der Waals surface area contributed by atoms with E-state index in [1.165, 1.54) is 18.2 Å². The van der Waals surface area contributed by atoms with Crippen molar-refractivity contribution in [2.75, 3.05) is 17.2 Å². The highest BCUT2D eigenvalue weighted by Crippen LogP contribution is 2.39. The number of rotatable bonds is 7. The van der Waals surface area contributed by atoms with Gasteiger partial charge in [0.15, 0.2) is 5.03 Å². The number of anilines is 2. The quantitative estimate of drug-likeness (QED) is 0.474. The minimum Gasteiger partial charge on any atom is -0.475 e. The van der Waals surface area contributed by atoms with Gasteiger partial charge in [0.25, 0.3) is 15.9 Å². The molecule has 1 saturated heterocycles. The summed E-state index contributed by atoms with van der Waals surface area (Å²) in [6.07, 6.45) is 0.863. The number of sulfonamides is 1. The zero-order chi connectivity index (χ0) is 27.0. The monoisotopic (exact) mass is 524 g/mol. The summed E-state index contributed by atoms with van der Waals surface area (Å²) in [5.41, 5.74) is 6.57. The lowest BCUT2D eigenvalue weighted by atomic mass is 9.90. The molecule has 0 spiro atoms. The van der Waals surface area contributed by atoms with Crippen molar-refractivity contribution < 1.29 is 17.9 Å². The third-order valence-corrected chi connectivity index (χ3v) is 7.88. The first-order valence-corrected chi connectivity index (χ1v) is 13.6. The number of carbonyl (C=O) groups excluding carboxylic acids is 1. The Labute approximate surface area is 217 Å². The average molecular weight is 525 g/mol. The van der Waals surface area contributed by atoms with E-state index in [0.29, 0.717) is 35.5 Å². The molecule has 0 aliphatic carbocycles. The van der Waals surface area contributed by atoms with Crippen molar-refractivity contribution in [1.29, 1.82) is 0 Å². The van der Waals surface area contributed by atoms with E-state index < -0.39 is 15.9 Å². The van der Waals surface area contributed by atoms with Crippen LogP contribution in [-0.4, -0.2) is 47.5 Å². The van der Waals surface area contributed by atoms with Crippen LogP contribution in [0.1, 0.15) is 51.4 Å². The number of nitrogens with one attached hydrogen (secondary N) is 1. The fraction of sp³-hybridized carbons (Fsp3) is 0.385. The number of aromatic nitrogens is 3. The lowest BCUT2D eigenvalue weighted by Crippen LogP contribution is -2.43. The van der Waals surface area contributed by atoms with E-state index in [2.05, 4.69) is 40.4 Å². The van der Waals surface area contributed by atoms with Gasteiger partial charge in [0, 0.05) is 18.2 Å². The van der Waals surface area contributed by atoms with Gasteiger partial charge in [-0.05, 0) is 70.4 Å². The smallest absolute Gasteiger partial charge is 0.281 e. The molecule has 3 N–H and O–H groups in total. The Balaban J connectivity index is 1.76. The molecule has 4 heterocycles. The molecule has 1 fully saturated rings. The van der Waals surface area contributed by atoms with Crippen LogP contribution in [0.4, 0.5) is 11.6 Å². The molecule has 3 aromatic rings. The van der Waals surface area contributed by atoms with Crippen LogP contribution in [0.25, 0.3) is 11.4 Å². The number of pyridine rings is 3. The number of hydrogen-bond donors (Lipinski definition) is 2. The van der Waals surface area contributed by atoms with Crippen LogP contribution in [0, 0.1) is 5.92 Å². The minimum atomic E-state index is -4.26. The summed E-state index contributed by atoms with van der Waals surface area (Å²) in [5.74, 6) is 0.407. The summed E-state index contributed by atoms with van der Waals surface area (Å²) in [4.78, 5) is 28.6. The Bertz CT molecular complexity index is 1420. The van der Waals surface area contributed by atoms with Crippen molar-refractivity contribution in [3.05, 3.63) is 54.1 Å². The number of ether oxygens (including phenoxy) is 1. The third-order valence-electron chi connectivity index (χ3n) is 6.65. The standard InChI is InChI=1S/C26H32N6O4S/c1-16(2)36-22-10-6-8-19(28-22)20-13-12-18(24(29-20)32-15-14-17(3)26(32,4)5)25(33)31-37(34,35)23-11-7-9-21(27)30-23/h6-13,16-17H,14-15H2,1-5H3,(H2,27,30)(H,31,33). The zero-order valence-electron chi connectivity index (χ0n) is 21.6. The molecule has 1 aliphatic rings. The molecule has 4 rings (SSSR count). The number of carbonyl (C=O) groups is 1. The van der Waals surface area contributed by atoms with Crippen molar-refractivity contribution in [1.82, 2.24) is 19.7 Å². The van der Waals surface area contributed by atoms with Crippen LogP contribution in [0.15, 0.2) is 53.6 Å². The van der Waals surface area contributed by atoms with Crippen molar-refractivity contribution in [2.24, 2.45) is 5.92 Å². The van der Waals surface area contributed by atoms with E-state index in [4.69, 9.17) is 15.5 Å². The third kappa shape index (κ3) is 5.51. The highest BCUT2D eigenvalue weighted by atomic mass is 32.2. The Morgan fingerprint density at radius 1 is 1.08 bits per heavy atom. The summed E-state index contributed by atoms with van der Waals surface area (Å²) in [6, 6.07) is 12.8. The molecule has 1 amide bonds. The lowest BCUT2D eigenvalue weighted by molar-refractivity contribution is 0.0981. The Morgan fingerprint density at radius 3 is 2.43 bits per heavy atom. The fourth-order valence-corrected chi connectivity index (χ4v) is 5.20. The molecule has 1 unspecified atom stereocenters. The van der Waals surface area contributed by atoms with Gasteiger partial charge >= 0.3 is 0 Å². The molecule has 0 saturated carbocycles. The van der Waals surface area contributed by atoms with Crippen molar-refractivity contribution in [3.8, 4) is 17.3 Å². The van der Waals surface area contributed by atoms with Gasteiger partial charge in [0.05, 0.1) is 23.1 Å². The first kappa shape index (κ1) is 26.3. The molecule has 0 radical (unpaired) electrons. The van der Waals surface area contributed by atoms with Gasteiger partial charge in [-0.1, -0.05) is 19.1 Å². The number of amides is 1. The average Bonchev–Trinajstić information content (AvgIpc) is 3.10. The molecule has 10 nitrogen and oxygen atoms in total. The summed E-state index contributed by atoms with van der Waals surface area (Å²) < 4.78 is 33.6. The largest absolute Gasteiger partial charge is 0.475 e. The molecule has 1 atom stereocenters. The SMILES string of the molecule is CC(C)Oc1cccc(-c2ccc(C(=O)NS(=O)(=O)c3cccc(N)n3)c(N3CCC(C)C3(C)C)n2)n1. The molecular weight excluding hydrogens is 492 g/mol. The Hall–Kier alpha value is -3.73. The maximum atomic E-state index is 13.4. The topological polar surface area (TPSA) is 140 Å². The van der Waals surface area contributed by atoms with E-state index in [-0.39, 0.29) is 28.1 Å². The van der Waals surface area contributed by atoms with E-state index >= 15 is 0 Å². The number of nitrogen functional groups attached to an aromatic ring is 1. The van der Waals surface area contributed by atoms with Crippen LogP contribution < -0.4 is 20.1 Å². The van der Waals surface area contributed by atoms with Crippen molar-refractivity contribution in [2.45, 2.75) is 57.7 Å². The second-order valence-corrected chi connectivity index (χ2v) is 11.6. The van der Waals surface area contributed by atoms with Crippen molar-refractivity contribution >= 4 is 27.6 Å². The van der Waals surface area contributed by atoms with Gasteiger partial charge in [-0.15, -0.1) is 0 Å². The van der Waals surface area contributed by atoms with Gasteiger partial charge in [-0.2, -0.15) is 8.42 Å². The maximum absolute atomic E-state index is 13.4. The summed E-state index contributed by atoms with van der Waals surface area (Å²) >= 11 is 0. The number of nitrogens with zero attached hydrogens (tertiary/aromatic N) is 4. The minimum absolute atomic E-state index is 0.0333. The van der Waals surface area contributed by atoms with E-state index in [9.17, 15) is 13.2 Å². The lowest BCUT2D eigenvalue weighted by Gasteiger charge is -2.36. The van der Waals surface area contributed by atoms with E-state index in [0.717, 1.165) is 6.42 Å². The van der Waals surface area contributed by atoms with Gasteiger partial charge in [0.2, 0.25) is 5.88 Å². The number of nitrogens with two attached hydrogens (primary N) is 1. The van der Waals surface area contributed by atoms with Crippen LogP contribution >= 0.6 is 0 Å². The van der Waals surface area contributed by atoms with Gasteiger partial charge < -0.3 is 15.4 Å². The first-order chi connectivity index (χ1) is 17.4. The van der Waals surface area contributed by atoms with Crippen LogP contribution in [0.2, 0.25) is 0 Å².